The monoisotopic (exact) mass is 452 g/mol. The van der Waals surface area contributed by atoms with Crippen molar-refractivity contribution < 1.29 is 17.9 Å². The quantitative estimate of drug-likeness (QED) is 0.499. The predicted octanol–water partition coefficient (Wildman–Crippen LogP) is 4.94. The Hall–Kier alpha value is -3.16. The molecule has 0 spiro atoms. The fraction of sp³-hybridized carbons (Fsp3) is 0.240. The van der Waals surface area contributed by atoms with E-state index in [9.17, 15) is 13.2 Å². The third-order valence-electron chi connectivity index (χ3n) is 5.10. The van der Waals surface area contributed by atoms with Crippen LogP contribution in [0.3, 0.4) is 0 Å². The number of hydrogen-bond donors (Lipinski definition) is 1. The molecular weight excluding hydrogens is 424 g/mol. The van der Waals surface area contributed by atoms with E-state index in [-0.39, 0.29) is 23.5 Å². The molecule has 32 heavy (non-hydrogen) atoms. The molecule has 0 fully saturated rings. The van der Waals surface area contributed by atoms with E-state index in [0.29, 0.717) is 17.0 Å². The van der Waals surface area contributed by atoms with E-state index >= 15 is 0 Å². The van der Waals surface area contributed by atoms with Crippen molar-refractivity contribution in [1.82, 2.24) is 4.31 Å². The van der Waals surface area contributed by atoms with E-state index in [1.165, 1.54) is 16.4 Å². The number of ether oxygens (including phenoxy) is 1. The molecule has 1 atom stereocenters. The fourth-order valence-electron chi connectivity index (χ4n) is 3.02. The second kappa shape index (κ2) is 10.4. The first-order valence-electron chi connectivity index (χ1n) is 10.5. The van der Waals surface area contributed by atoms with Crippen LogP contribution >= 0.6 is 0 Å². The largest absolute Gasteiger partial charge is 0.491 e. The first-order valence-corrected chi connectivity index (χ1v) is 11.9. The second-order valence-corrected chi connectivity index (χ2v) is 9.63. The van der Waals surface area contributed by atoms with Gasteiger partial charge in [-0.2, -0.15) is 4.31 Å². The lowest BCUT2D eigenvalue weighted by Gasteiger charge is -2.17. The van der Waals surface area contributed by atoms with Crippen molar-refractivity contribution >= 4 is 21.6 Å². The van der Waals surface area contributed by atoms with Crippen LogP contribution in [0.25, 0.3) is 0 Å². The van der Waals surface area contributed by atoms with Crippen LogP contribution in [0.4, 0.5) is 5.69 Å². The number of anilines is 1. The summed E-state index contributed by atoms with van der Waals surface area (Å²) in [5, 5.41) is 2.79. The fourth-order valence-corrected chi connectivity index (χ4v) is 4.18. The normalized spacial score (nSPS) is 12.4. The molecule has 0 aromatic heterocycles. The number of rotatable bonds is 9. The van der Waals surface area contributed by atoms with Gasteiger partial charge in [0.25, 0.3) is 5.91 Å². The number of carbonyl (C=O) groups excluding carboxylic acids is 1. The highest BCUT2D eigenvalue weighted by Crippen LogP contribution is 2.20. The van der Waals surface area contributed by atoms with Crippen molar-refractivity contribution in [2.24, 2.45) is 0 Å². The second-order valence-electron chi connectivity index (χ2n) is 7.59. The first kappa shape index (κ1) is 23.5. The molecule has 7 heteroatoms. The van der Waals surface area contributed by atoms with Gasteiger partial charge < -0.3 is 10.1 Å². The van der Waals surface area contributed by atoms with Gasteiger partial charge in [0.2, 0.25) is 10.0 Å². The molecule has 3 aromatic carbocycles. The topological polar surface area (TPSA) is 75.7 Å². The molecule has 0 aliphatic carbocycles. The van der Waals surface area contributed by atoms with Crippen molar-refractivity contribution in [3.05, 3.63) is 90.0 Å². The Kier molecular flexibility index (Phi) is 7.66. The molecule has 3 aromatic rings. The van der Waals surface area contributed by atoms with Gasteiger partial charge in [0.05, 0.1) is 11.0 Å². The van der Waals surface area contributed by atoms with Gasteiger partial charge in [-0.3, -0.25) is 4.79 Å². The zero-order chi connectivity index (χ0) is 23.1. The Labute approximate surface area is 189 Å². The Morgan fingerprint density at radius 3 is 2.19 bits per heavy atom. The third-order valence-corrected chi connectivity index (χ3v) is 6.91. The number of benzene rings is 3. The number of hydrogen-bond acceptors (Lipinski definition) is 4. The predicted molar refractivity (Wildman–Crippen MR) is 126 cm³/mol. The lowest BCUT2D eigenvalue weighted by atomic mass is 10.2. The Balaban J connectivity index is 1.64. The highest BCUT2D eigenvalue weighted by atomic mass is 32.2. The van der Waals surface area contributed by atoms with E-state index in [1.54, 1.807) is 43.4 Å². The van der Waals surface area contributed by atoms with Crippen LogP contribution in [0.2, 0.25) is 0 Å². The average molecular weight is 453 g/mol. The van der Waals surface area contributed by atoms with Crippen molar-refractivity contribution in [3.8, 4) is 5.75 Å². The van der Waals surface area contributed by atoms with Gasteiger partial charge in [0.1, 0.15) is 5.75 Å². The molecule has 1 amide bonds. The number of carbonyl (C=O) groups is 1. The van der Waals surface area contributed by atoms with E-state index in [2.05, 4.69) is 5.32 Å². The molecular formula is C25H28N2O4S. The van der Waals surface area contributed by atoms with Crippen LogP contribution in [0, 0.1) is 0 Å². The molecule has 168 valence electrons. The molecule has 0 radical (unpaired) electrons. The standard InChI is InChI=1S/C25H28N2O4S/c1-4-19(2)31-23-14-10-21(11-15-23)25(28)26-22-12-16-24(17-13-22)32(29,30)27(3)18-20-8-6-5-7-9-20/h5-17,19H,4,18H2,1-3H3,(H,26,28). The minimum absolute atomic E-state index is 0.108. The smallest absolute Gasteiger partial charge is 0.255 e. The summed E-state index contributed by atoms with van der Waals surface area (Å²) in [6, 6.07) is 22.5. The molecule has 3 rings (SSSR count). The summed E-state index contributed by atoms with van der Waals surface area (Å²) in [5.74, 6) is 0.432. The number of nitrogens with one attached hydrogen (secondary N) is 1. The molecule has 6 nitrogen and oxygen atoms in total. The Bertz CT molecular complexity index is 1130. The lowest BCUT2D eigenvalue weighted by molar-refractivity contribution is 0.102. The molecule has 0 saturated heterocycles. The summed E-state index contributed by atoms with van der Waals surface area (Å²) < 4.78 is 32.7. The van der Waals surface area contributed by atoms with Crippen molar-refractivity contribution in [1.29, 1.82) is 0 Å². The van der Waals surface area contributed by atoms with Gasteiger partial charge in [0, 0.05) is 24.8 Å². The van der Waals surface area contributed by atoms with Crippen LogP contribution in [-0.4, -0.2) is 31.8 Å². The van der Waals surface area contributed by atoms with Crippen LogP contribution in [0.5, 0.6) is 5.75 Å². The van der Waals surface area contributed by atoms with Crippen molar-refractivity contribution in [2.45, 2.75) is 37.8 Å². The van der Waals surface area contributed by atoms with Gasteiger partial charge >= 0.3 is 0 Å². The van der Waals surface area contributed by atoms with Crippen LogP contribution < -0.4 is 10.1 Å². The SMILES string of the molecule is CCC(C)Oc1ccc(C(=O)Nc2ccc(S(=O)(=O)N(C)Cc3ccccc3)cc2)cc1. The minimum Gasteiger partial charge on any atom is -0.491 e. The summed E-state index contributed by atoms with van der Waals surface area (Å²) in [5.41, 5.74) is 1.91. The van der Waals surface area contributed by atoms with Crippen molar-refractivity contribution in [2.75, 3.05) is 12.4 Å². The summed E-state index contributed by atoms with van der Waals surface area (Å²) >= 11 is 0. The van der Waals surface area contributed by atoms with Gasteiger partial charge in [-0.1, -0.05) is 37.3 Å². The molecule has 0 heterocycles. The molecule has 0 aliphatic rings. The number of sulfonamides is 1. The lowest BCUT2D eigenvalue weighted by Crippen LogP contribution is -2.26. The summed E-state index contributed by atoms with van der Waals surface area (Å²) in [6.07, 6.45) is 1.01. The zero-order valence-electron chi connectivity index (χ0n) is 18.5. The Morgan fingerprint density at radius 1 is 0.969 bits per heavy atom. The summed E-state index contributed by atoms with van der Waals surface area (Å²) in [6.45, 7) is 4.31. The van der Waals surface area contributed by atoms with E-state index in [4.69, 9.17) is 4.74 Å². The van der Waals surface area contributed by atoms with Gasteiger partial charge in [-0.25, -0.2) is 8.42 Å². The van der Waals surface area contributed by atoms with E-state index in [0.717, 1.165) is 12.0 Å². The number of nitrogens with zero attached hydrogens (tertiary/aromatic N) is 1. The molecule has 1 N–H and O–H groups in total. The van der Waals surface area contributed by atoms with E-state index < -0.39 is 10.0 Å². The van der Waals surface area contributed by atoms with Gasteiger partial charge in [0.15, 0.2) is 0 Å². The highest BCUT2D eigenvalue weighted by Gasteiger charge is 2.21. The average Bonchev–Trinajstić information content (AvgIpc) is 2.80. The van der Waals surface area contributed by atoms with Gasteiger partial charge in [-0.15, -0.1) is 0 Å². The van der Waals surface area contributed by atoms with Crippen LogP contribution in [0.1, 0.15) is 36.2 Å². The van der Waals surface area contributed by atoms with Crippen LogP contribution in [-0.2, 0) is 16.6 Å². The minimum atomic E-state index is -3.64. The van der Waals surface area contributed by atoms with Crippen LogP contribution in [0.15, 0.2) is 83.8 Å². The highest BCUT2D eigenvalue weighted by molar-refractivity contribution is 7.89. The maximum absolute atomic E-state index is 12.8. The summed E-state index contributed by atoms with van der Waals surface area (Å²) in [4.78, 5) is 12.7. The molecule has 0 bridgehead atoms. The number of amides is 1. The maximum atomic E-state index is 12.8. The molecule has 0 aliphatic heterocycles. The van der Waals surface area contributed by atoms with E-state index in [1.807, 2.05) is 44.2 Å². The maximum Gasteiger partial charge on any atom is 0.255 e. The molecule has 0 saturated carbocycles. The van der Waals surface area contributed by atoms with Crippen molar-refractivity contribution in [3.63, 3.8) is 0 Å². The zero-order valence-corrected chi connectivity index (χ0v) is 19.3. The third kappa shape index (κ3) is 5.96. The van der Waals surface area contributed by atoms with Gasteiger partial charge in [-0.05, 0) is 67.4 Å². The molecule has 1 unspecified atom stereocenters. The summed E-state index contributed by atoms with van der Waals surface area (Å²) in [7, 11) is -2.10. The first-order chi connectivity index (χ1) is 15.3. The Morgan fingerprint density at radius 2 is 1.59 bits per heavy atom.